The first kappa shape index (κ1) is 14.7. The lowest BCUT2D eigenvalue weighted by Gasteiger charge is -2.30. The van der Waals surface area contributed by atoms with Gasteiger partial charge in [0.05, 0.1) is 24.4 Å². The number of halogens is 2. The minimum atomic E-state index is -0.594. The van der Waals surface area contributed by atoms with Gasteiger partial charge in [0.1, 0.15) is 11.0 Å². The zero-order valence-corrected chi connectivity index (χ0v) is 11.5. The maximum absolute atomic E-state index is 13.1. The molecular weight excluding hydrogens is 283 g/mol. The summed E-state index contributed by atoms with van der Waals surface area (Å²) in [5.74, 6) is -1.01. The van der Waals surface area contributed by atoms with Crippen LogP contribution >= 0.6 is 11.6 Å². The van der Waals surface area contributed by atoms with E-state index in [2.05, 4.69) is 16.4 Å². The van der Waals surface area contributed by atoms with Crippen LogP contribution in [0.4, 0.5) is 4.39 Å². The first-order valence-corrected chi connectivity index (χ1v) is 6.69. The Kier molecular flexibility index (Phi) is 4.88. The second kappa shape index (κ2) is 6.64. The highest BCUT2D eigenvalue weighted by atomic mass is 35.5. The predicted molar refractivity (Wildman–Crippen MR) is 71.7 cm³/mol. The van der Waals surface area contributed by atoms with E-state index in [-0.39, 0.29) is 16.8 Å². The highest BCUT2D eigenvalue weighted by Crippen LogP contribution is 2.15. The van der Waals surface area contributed by atoms with Crippen molar-refractivity contribution in [1.82, 2.24) is 15.2 Å². The molecule has 0 unspecified atom stereocenters. The van der Waals surface area contributed by atoms with Crippen molar-refractivity contribution in [2.24, 2.45) is 0 Å². The summed E-state index contributed by atoms with van der Waals surface area (Å²) in [6, 6.07) is 3.19. The third-order valence-electron chi connectivity index (χ3n) is 3.27. The van der Waals surface area contributed by atoms with Crippen LogP contribution in [0, 0.1) is 17.1 Å². The Morgan fingerprint density at radius 1 is 1.60 bits per heavy atom. The summed E-state index contributed by atoms with van der Waals surface area (Å²) >= 11 is 5.79. The number of nitrogens with zero attached hydrogens (tertiary/aromatic N) is 3. The van der Waals surface area contributed by atoms with E-state index in [1.54, 1.807) is 0 Å². The molecule has 0 atom stereocenters. The smallest absolute Gasteiger partial charge is 0.254 e. The zero-order chi connectivity index (χ0) is 14.5. The largest absolute Gasteiger partial charge is 0.349 e. The standard InChI is InChI=1S/C13H14ClFN4O/c14-12-11(7-9(15)8-17-12)13(20)18-10-1-4-19(5-2-10)6-3-16/h7-8,10H,1-2,4-6H2,(H,18,20). The lowest BCUT2D eigenvalue weighted by Crippen LogP contribution is -2.44. The number of rotatable bonds is 3. The second-order valence-electron chi connectivity index (χ2n) is 4.67. The number of likely N-dealkylation sites (tertiary alicyclic amines) is 1. The van der Waals surface area contributed by atoms with Crippen LogP contribution in [-0.4, -0.2) is 41.5 Å². The zero-order valence-electron chi connectivity index (χ0n) is 10.8. The highest BCUT2D eigenvalue weighted by molar-refractivity contribution is 6.32. The first-order valence-electron chi connectivity index (χ1n) is 6.31. The average molecular weight is 297 g/mol. The molecule has 106 valence electrons. The number of amides is 1. The average Bonchev–Trinajstić information content (AvgIpc) is 2.44. The van der Waals surface area contributed by atoms with Crippen molar-refractivity contribution in [1.29, 1.82) is 5.26 Å². The number of pyridine rings is 1. The van der Waals surface area contributed by atoms with E-state index in [0.29, 0.717) is 6.54 Å². The minimum absolute atomic E-state index is 0.00850. The molecular formula is C13H14ClFN4O. The van der Waals surface area contributed by atoms with Gasteiger partial charge in [-0.1, -0.05) is 11.6 Å². The van der Waals surface area contributed by atoms with Crippen LogP contribution in [-0.2, 0) is 0 Å². The molecule has 0 aromatic carbocycles. The van der Waals surface area contributed by atoms with Crippen molar-refractivity contribution in [3.63, 3.8) is 0 Å². The van der Waals surface area contributed by atoms with E-state index in [0.717, 1.165) is 38.2 Å². The van der Waals surface area contributed by atoms with Gasteiger partial charge < -0.3 is 5.32 Å². The lowest BCUT2D eigenvalue weighted by atomic mass is 10.0. The van der Waals surface area contributed by atoms with Crippen molar-refractivity contribution in [3.8, 4) is 6.07 Å². The fourth-order valence-corrected chi connectivity index (χ4v) is 2.37. The van der Waals surface area contributed by atoms with Crippen molar-refractivity contribution >= 4 is 17.5 Å². The first-order chi connectivity index (χ1) is 9.60. The van der Waals surface area contributed by atoms with Gasteiger partial charge in [-0.2, -0.15) is 5.26 Å². The third-order valence-corrected chi connectivity index (χ3v) is 3.57. The molecule has 1 saturated heterocycles. The van der Waals surface area contributed by atoms with Gasteiger partial charge >= 0.3 is 0 Å². The molecule has 20 heavy (non-hydrogen) atoms. The molecule has 0 bridgehead atoms. The normalized spacial score (nSPS) is 16.6. The Morgan fingerprint density at radius 2 is 2.30 bits per heavy atom. The number of piperidine rings is 1. The lowest BCUT2D eigenvalue weighted by molar-refractivity contribution is 0.0913. The Bertz CT molecular complexity index is 538. The maximum atomic E-state index is 13.1. The SMILES string of the molecule is N#CCN1CCC(NC(=O)c2cc(F)cnc2Cl)CC1. The van der Waals surface area contributed by atoms with Crippen molar-refractivity contribution in [3.05, 3.63) is 28.8 Å². The molecule has 0 radical (unpaired) electrons. The summed E-state index contributed by atoms with van der Waals surface area (Å²) in [6.45, 7) is 1.92. The van der Waals surface area contributed by atoms with Gasteiger partial charge in [-0.3, -0.25) is 9.69 Å². The van der Waals surface area contributed by atoms with Gasteiger partial charge in [0, 0.05) is 19.1 Å². The molecule has 0 aliphatic carbocycles. The topological polar surface area (TPSA) is 69.0 Å². The molecule has 7 heteroatoms. The molecule has 2 heterocycles. The summed E-state index contributed by atoms with van der Waals surface area (Å²) < 4.78 is 13.1. The molecule has 0 spiro atoms. The van der Waals surface area contributed by atoms with Crippen LogP contribution in [0.15, 0.2) is 12.3 Å². The number of carbonyl (C=O) groups excluding carboxylic acids is 1. The Hall–Kier alpha value is -1.71. The minimum Gasteiger partial charge on any atom is -0.349 e. The monoisotopic (exact) mass is 296 g/mol. The molecule has 1 fully saturated rings. The number of aromatic nitrogens is 1. The molecule has 1 aliphatic rings. The van der Waals surface area contributed by atoms with Gasteiger partial charge in [-0.15, -0.1) is 0 Å². The van der Waals surface area contributed by atoms with Gasteiger partial charge in [0.2, 0.25) is 0 Å². The summed E-state index contributed by atoms with van der Waals surface area (Å²) in [5, 5.41) is 11.4. The summed E-state index contributed by atoms with van der Waals surface area (Å²) in [6.07, 6.45) is 2.49. The van der Waals surface area contributed by atoms with E-state index in [9.17, 15) is 9.18 Å². The number of hydrogen-bond donors (Lipinski definition) is 1. The number of hydrogen-bond acceptors (Lipinski definition) is 4. The third kappa shape index (κ3) is 3.65. The molecule has 2 rings (SSSR count). The van der Waals surface area contributed by atoms with Crippen LogP contribution in [0.5, 0.6) is 0 Å². The number of nitrogens with one attached hydrogen (secondary N) is 1. The summed E-state index contributed by atoms with van der Waals surface area (Å²) in [4.78, 5) is 17.7. The number of carbonyl (C=O) groups is 1. The Balaban J connectivity index is 1.93. The van der Waals surface area contributed by atoms with Gasteiger partial charge in [-0.25, -0.2) is 9.37 Å². The van der Waals surface area contributed by atoms with Gasteiger partial charge in [0.25, 0.3) is 5.91 Å². The van der Waals surface area contributed by atoms with E-state index in [4.69, 9.17) is 16.9 Å². The molecule has 1 N–H and O–H groups in total. The summed E-state index contributed by atoms with van der Waals surface area (Å²) in [7, 11) is 0. The van der Waals surface area contributed by atoms with E-state index < -0.39 is 11.7 Å². The van der Waals surface area contributed by atoms with Crippen LogP contribution in [0.1, 0.15) is 23.2 Å². The fourth-order valence-electron chi connectivity index (χ4n) is 2.18. The van der Waals surface area contributed by atoms with Gasteiger partial charge in [0.15, 0.2) is 0 Å². The van der Waals surface area contributed by atoms with E-state index in [1.165, 1.54) is 0 Å². The molecule has 5 nitrogen and oxygen atoms in total. The second-order valence-corrected chi connectivity index (χ2v) is 5.03. The molecule has 1 amide bonds. The van der Waals surface area contributed by atoms with Crippen LogP contribution in [0.2, 0.25) is 5.15 Å². The predicted octanol–water partition coefficient (Wildman–Crippen LogP) is 1.59. The fraction of sp³-hybridized carbons (Fsp3) is 0.462. The van der Waals surface area contributed by atoms with Crippen LogP contribution < -0.4 is 5.32 Å². The van der Waals surface area contributed by atoms with Crippen LogP contribution in [0.25, 0.3) is 0 Å². The number of nitriles is 1. The Morgan fingerprint density at radius 3 is 2.95 bits per heavy atom. The van der Waals surface area contributed by atoms with E-state index >= 15 is 0 Å². The van der Waals surface area contributed by atoms with E-state index in [1.807, 2.05) is 4.90 Å². The van der Waals surface area contributed by atoms with Gasteiger partial charge in [-0.05, 0) is 18.9 Å². The highest BCUT2D eigenvalue weighted by Gasteiger charge is 2.22. The Labute approximate surface area is 121 Å². The van der Waals surface area contributed by atoms with Crippen LogP contribution in [0.3, 0.4) is 0 Å². The summed E-state index contributed by atoms with van der Waals surface area (Å²) in [5.41, 5.74) is 0.0473. The molecule has 1 aliphatic heterocycles. The molecule has 0 saturated carbocycles. The van der Waals surface area contributed by atoms with Crippen molar-refractivity contribution in [2.45, 2.75) is 18.9 Å². The van der Waals surface area contributed by atoms with Crippen molar-refractivity contribution < 1.29 is 9.18 Å². The quantitative estimate of drug-likeness (QED) is 0.679. The van der Waals surface area contributed by atoms with Crippen molar-refractivity contribution in [2.75, 3.05) is 19.6 Å². The molecule has 1 aromatic heterocycles. The molecule has 1 aromatic rings. The maximum Gasteiger partial charge on any atom is 0.254 e.